The number of fused-ring (bicyclic) bond motifs is 1. The number of halogens is 1. The highest BCUT2D eigenvalue weighted by atomic mass is 35.5. The van der Waals surface area contributed by atoms with Crippen LogP contribution in [0.5, 0.6) is 5.75 Å². The van der Waals surface area contributed by atoms with Crippen molar-refractivity contribution in [3.05, 3.63) is 94.6 Å². The van der Waals surface area contributed by atoms with E-state index in [0.29, 0.717) is 17.2 Å². The number of aryl methyl sites for hydroxylation is 1. The summed E-state index contributed by atoms with van der Waals surface area (Å²) in [4.78, 5) is 16.5. The van der Waals surface area contributed by atoms with E-state index < -0.39 is 0 Å². The number of carbonyl (C=O) groups excluding carboxylic acids is 1. The molecule has 31 heavy (non-hydrogen) atoms. The first-order valence-electron chi connectivity index (χ1n) is 9.76. The molecule has 156 valence electrons. The molecule has 1 N–H and O–H groups in total. The molecule has 5 nitrogen and oxygen atoms in total. The molecule has 0 fully saturated rings. The predicted octanol–water partition coefficient (Wildman–Crippen LogP) is 6.31. The fourth-order valence-electron chi connectivity index (χ4n) is 3.27. The van der Waals surface area contributed by atoms with Crippen molar-refractivity contribution in [2.24, 2.45) is 0 Å². The third-order valence-corrected chi connectivity index (χ3v) is 5.21. The molecule has 4 rings (SSSR count). The molecule has 0 bridgehead atoms. The van der Waals surface area contributed by atoms with Gasteiger partial charge in [-0.3, -0.25) is 4.98 Å². The van der Waals surface area contributed by atoms with Gasteiger partial charge in [-0.05, 0) is 61.5 Å². The van der Waals surface area contributed by atoms with Crippen LogP contribution in [0.2, 0.25) is 5.02 Å². The SMILES string of the molecule is COC(=O)c1ccc2nc(C)cc(Nc3ccc(OCc4ccccc4Cl)cc3)c2c1. The zero-order chi connectivity index (χ0) is 21.8. The molecule has 6 heteroatoms. The fraction of sp³-hybridized carbons (Fsp3) is 0.120. The maximum Gasteiger partial charge on any atom is 0.337 e. The van der Waals surface area contributed by atoms with Crippen LogP contribution in [0.3, 0.4) is 0 Å². The zero-order valence-corrected chi connectivity index (χ0v) is 17.9. The van der Waals surface area contributed by atoms with Crippen LogP contribution in [0, 0.1) is 6.92 Å². The van der Waals surface area contributed by atoms with E-state index in [4.69, 9.17) is 21.1 Å². The van der Waals surface area contributed by atoms with Gasteiger partial charge in [-0.1, -0.05) is 29.8 Å². The molecule has 0 unspecified atom stereocenters. The molecule has 0 aliphatic heterocycles. The highest BCUT2D eigenvalue weighted by molar-refractivity contribution is 6.31. The molecule has 0 saturated heterocycles. The summed E-state index contributed by atoms with van der Waals surface area (Å²) in [6, 6.07) is 22.6. The molecule has 3 aromatic carbocycles. The molecule has 0 atom stereocenters. The van der Waals surface area contributed by atoms with Crippen molar-refractivity contribution in [1.82, 2.24) is 4.98 Å². The van der Waals surface area contributed by atoms with Crippen LogP contribution in [0.4, 0.5) is 11.4 Å². The second-order valence-electron chi connectivity index (χ2n) is 7.06. The number of benzene rings is 3. The highest BCUT2D eigenvalue weighted by Gasteiger charge is 2.11. The number of ether oxygens (including phenoxy) is 2. The largest absolute Gasteiger partial charge is 0.489 e. The minimum atomic E-state index is -0.381. The van der Waals surface area contributed by atoms with Crippen molar-refractivity contribution in [2.45, 2.75) is 13.5 Å². The van der Waals surface area contributed by atoms with E-state index in [0.717, 1.165) is 39.3 Å². The molecular formula is C25H21ClN2O3. The number of anilines is 2. The summed E-state index contributed by atoms with van der Waals surface area (Å²) < 4.78 is 10.7. The van der Waals surface area contributed by atoms with Crippen LogP contribution < -0.4 is 10.1 Å². The van der Waals surface area contributed by atoms with Crippen molar-refractivity contribution < 1.29 is 14.3 Å². The first kappa shape index (κ1) is 20.7. The van der Waals surface area contributed by atoms with E-state index in [9.17, 15) is 4.79 Å². The third kappa shape index (κ3) is 4.78. The summed E-state index contributed by atoms with van der Waals surface area (Å²) in [6.07, 6.45) is 0. The summed E-state index contributed by atoms with van der Waals surface area (Å²) in [5.74, 6) is 0.364. The van der Waals surface area contributed by atoms with Gasteiger partial charge < -0.3 is 14.8 Å². The number of aromatic nitrogens is 1. The van der Waals surface area contributed by atoms with Crippen molar-refractivity contribution in [3.8, 4) is 5.75 Å². The maximum absolute atomic E-state index is 11.9. The summed E-state index contributed by atoms with van der Waals surface area (Å²) in [6.45, 7) is 2.33. The number of carbonyl (C=O) groups is 1. The third-order valence-electron chi connectivity index (χ3n) is 4.84. The number of nitrogens with zero attached hydrogens (tertiary/aromatic N) is 1. The second-order valence-corrected chi connectivity index (χ2v) is 7.47. The Balaban J connectivity index is 1.54. The van der Waals surface area contributed by atoms with Crippen molar-refractivity contribution in [2.75, 3.05) is 12.4 Å². The van der Waals surface area contributed by atoms with Gasteiger partial charge in [-0.25, -0.2) is 4.79 Å². The molecule has 1 aromatic heterocycles. The average Bonchev–Trinajstić information content (AvgIpc) is 2.78. The Morgan fingerprint density at radius 2 is 1.81 bits per heavy atom. The summed E-state index contributed by atoms with van der Waals surface area (Å²) in [7, 11) is 1.37. The Hall–Kier alpha value is -3.57. The number of methoxy groups -OCH3 is 1. The maximum atomic E-state index is 11.9. The summed E-state index contributed by atoms with van der Waals surface area (Å²) in [5.41, 5.74) is 4.84. The number of rotatable bonds is 6. The van der Waals surface area contributed by atoms with Crippen LogP contribution in [-0.2, 0) is 11.3 Å². The van der Waals surface area contributed by atoms with E-state index in [1.807, 2.05) is 67.6 Å². The lowest BCUT2D eigenvalue weighted by atomic mass is 10.1. The minimum absolute atomic E-state index is 0.381. The van der Waals surface area contributed by atoms with Crippen molar-refractivity contribution in [3.63, 3.8) is 0 Å². The van der Waals surface area contributed by atoms with Crippen LogP contribution in [0.15, 0.2) is 72.8 Å². The van der Waals surface area contributed by atoms with Crippen LogP contribution in [-0.4, -0.2) is 18.1 Å². The van der Waals surface area contributed by atoms with Gasteiger partial charge in [0.15, 0.2) is 0 Å². The molecular weight excluding hydrogens is 412 g/mol. The Morgan fingerprint density at radius 1 is 1.03 bits per heavy atom. The van der Waals surface area contributed by atoms with Gasteiger partial charge in [-0.15, -0.1) is 0 Å². The first-order chi connectivity index (χ1) is 15.0. The van der Waals surface area contributed by atoms with Gasteiger partial charge in [0.25, 0.3) is 0 Å². The van der Waals surface area contributed by atoms with Gasteiger partial charge in [0.05, 0.1) is 18.2 Å². The van der Waals surface area contributed by atoms with Gasteiger partial charge in [0.1, 0.15) is 12.4 Å². The van der Waals surface area contributed by atoms with E-state index in [-0.39, 0.29) is 5.97 Å². The van der Waals surface area contributed by atoms with E-state index in [1.165, 1.54) is 7.11 Å². The van der Waals surface area contributed by atoms with Gasteiger partial charge in [0.2, 0.25) is 0 Å². The minimum Gasteiger partial charge on any atom is -0.489 e. The molecule has 0 spiro atoms. The summed E-state index contributed by atoms with van der Waals surface area (Å²) in [5, 5.41) is 4.94. The first-order valence-corrected chi connectivity index (χ1v) is 10.1. The molecule has 0 radical (unpaired) electrons. The molecule has 0 amide bonds. The standard InChI is InChI=1S/C25H21ClN2O3/c1-16-13-24(21-14-17(25(29)30-2)7-12-23(21)27-16)28-19-8-10-20(11-9-19)31-15-18-5-3-4-6-22(18)26/h3-14H,15H2,1-2H3,(H,27,28). The fourth-order valence-corrected chi connectivity index (χ4v) is 3.46. The van der Waals surface area contributed by atoms with Gasteiger partial charge in [-0.2, -0.15) is 0 Å². The Bertz CT molecular complexity index is 1240. The van der Waals surface area contributed by atoms with Crippen molar-refractivity contribution in [1.29, 1.82) is 0 Å². The number of hydrogen-bond acceptors (Lipinski definition) is 5. The monoisotopic (exact) mass is 432 g/mol. The van der Waals surface area contributed by atoms with Crippen molar-refractivity contribution >= 4 is 39.8 Å². The average molecular weight is 433 g/mol. The summed E-state index contributed by atoms with van der Waals surface area (Å²) >= 11 is 6.18. The van der Waals surface area contributed by atoms with E-state index in [2.05, 4.69) is 10.3 Å². The quantitative estimate of drug-likeness (QED) is 0.362. The van der Waals surface area contributed by atoms with Crippen LogP contribution in [0.1, 0.15) is 21.6 Å². The highest BCUT2D eigenvalue weighted by Crippen LogP contribution is 2.29. The smallest absolute Gasteiger partial charge is 0.337 e. The molecule has 0 aliphatic carbocycles. The molecule has 0 aliphatic rings. The Morgan fingerprint density at radius 3 is 2.55 bits per heavy atom. The number of nitrogens with one attached hydrogen (secondary N) is 1. The lowest BCUT2D eigenvalue weighted by molar-refractivity contribution is 0.0601. The lowest BCUT2D eigenvalue weighted by Crippen LogP contribution is -2.02. The normalized spacial score (nSPS) is 10.7. The van der Waals surface area contributed by atoms with Gasteiger partial charge >= 0.3 is 5.97 Å². The molecule has 0 saturated carbocycles. The van der Waals surface area contributed by atoms with Crippen LogP contribution >= 0.6 is 11.6 Å². The lowest BCUT2D eigenvalue weighted by Gasteiger charge is -2.13. The zero-order valence-electron chi connectivity index (χ0n) is 17.2. The Labute approximate surface area is 185 Å². The van der Waals surface area contributed by atoms with Crippen LogP contribution in [0.25, 0.3) is 10.9 Å². The van der Waals surface area contributed by atoms with Gasteiger partial charge in [0, 0.05) is 33.0 Å². The number of esters is 1. The second kappa shape index (κ2) is 9.06. The molecule has 4 aromatic rings. The predicted molar refractivity (Wildman–Crippen MR) is 123 cm³/mol. The Kier molecular flexibility index (Phi) is 6.05. The number of pyridine rings is 1. The van der Waals surface area contributed by atoms with E-state index in [1.54, 1.807) is 12.1 Å². The van der Waals surface area contributed by atoms with E-state index >= 15 is 0 Å². The molecule has 1 heterocycles. The topological polar surface area (TPSA) is 60.5 Å². The number of hydrogen-bond donors (Lipinski definition) is 1.